The predicted molar refractivity (Wildman–Crippen MR) is 194 cm³/mol. The predicted octanol–water partition coefficient (Wildman–Crippen LogP) is 11.9. The molecule has 2 heteroatoms. The van der Waals surface area contributed by atoms with Crippen molar-refractivity contribution in [1.82, 2.24) is 0 Å². The molecule has 1 heterocycles. The van der Waals surface area contributed by atoms with E-state index in [0.29, 0.717) is 0 Å². The Bertz CT molecular complexity index is 2360. The minimum atomic E-state index is -0.0468. The van der Waals surface area contributed by atoms with Crippen LogP contribution in [0.15, 0.2) is 156 Å². The number of fused-ring (bicyclic) bond motifs is 7. The summed E-state index contributed by atoms with van der Waals surface area (Å²) in [5, 5.41) is 4.62. The van der Waals surface area contributed by atoms with Crippen molar-refractivity contribution in [2.24, 2.45) is 5.92 Å². The Morgan fingerprint density at radius 3 is 2.07 bits per heavy atom. The third kappa shape index (κ3) is 3.83. The molecule has 0 saturated heterocycles. The summed E-state index contributed by atoms with van der Waals surface area (Å²) < 4.78 is 7.02. The molecule has 0 aliphatic heterocycles. The number of furan rings is 1. The first kappa shape index (κ1) is 27.0. The number of nitrogens with zero attached hydrogens (tertiary/aromatic N) is 1. The lowest BCUT2D eigenvalue weighted by atomic mass is 9.72. The van der Waals surface area contributed by atoms with Gasteiger partial charge in [-0.1, -0.05) is 142 Å². The number of rotatable bonds is 4. The maximum absolute atomic E-state index is 7.02. The van der Waals surface area contributed by atoms with Crippen LogP contribution >= 0.6 is 0 Å². The van der Waals surface area contributed by atoms with Gasteiger partial charge in [-0.15, -0.1) is 0 Å². The largest absolute Gasteiger partial charge is 0.453 e. The van der Waals surface area contributed by atoms with Crippen LogP contribution in [0.25, 0.3) is 49.4 Å². The lowest BCUT2D eigenvalue weighted by Crippen LogP contribution is -2.40. The molecule has 2 aliphatic rings. The molecule has 2 atom stereocenters. The quantitative estimate of drug-likeness (QED) is 0.202. The third-order valence-electron chi connectivity index (χ3n) is 10.4. The van der Waals surface area contributed by atoms with Gasteiger partial charge in [0.1, 0.15) is 5.58 Å². The zero-order valence-corrected chi connectivity index (χ0v) is 26.4. The summed E-state index contributed by atoms with van der Waals surface area (Å²) in [5.74, 6) is 0.271. The van der Waals surface area contributed by atoms with Crippen LogP contribution in [0.4, 0.5) is 11.4 Å². The molecule has 7 aromatic rings. The molecule has 0 radical (unpaired) electrons. The van der Waals surface area contributed by atoms with Gasteiger partial charge in [0, 0.05) is 33.2 Å². The van der Waals surface area contributed by atoms with E-state index in [1.54, 1.807) is 0 Å². The third-order valence-corrected chi connectivity index (χ3v) is 10.4. The molecule has 46 heavy (non-hydrogen) atoms. The lowest BCUT2D eigenvalue weighted by molar-refractivity contribution is 0.488. The molecule has 2 unspecified atom stereocenters. The highest BCUT2D eigenvalue weighted by molar-refractivity contribution is 6.20. The van der Waals surface area contributed by atoms with Crippen LogP contribution in [0.5, 0.6) is 0 Å². The Morgan fingerprint density at radius 2 is 1.26 bits per heavy atom. The number of benzene rings is 6. The standard InChI is InChI=1S/C44H35NO/c1-28-39(26-25-33-32-20-12-13-23-38(32)44(2,3)41(28)33)45(30-17-8-5-9-18-30)40-24-14-22-35-37-27-36(29-15-6-4-7-16-29)31-19-10-11-21-34(31)42(37)46-43(35)40/h4-28,39H,1-3H3. The molecule has 0 saturated carbocycles. The van der Waals surface area contributed by atoms with Crippen LogP contribution < -0.4 is 4.90 Å². The molecule has 2 aliphatic carbocycles. The monoisotopic (exact) mass is 593 g/mol. The summed E-state index contributed by atoms with van der Waals surface area (Å²) in [7, 11) is 0. The first-order chi connectivity index (χ1) is 22.5. The van der Waals surface area contributed by atoms with Crippen molar-refractivity contribution in [2.45, 2.75) is 32.2 Å². The highest BCUT2D eigenvalue weighted by Crippen LogP contribution is 2.54. The molecule has 0 fully saturated rings. The fourth-order valence-electron chi connectivity index (χ4n) is 8.44. The molecular weight excluding hydrogens is 558 g/mol. The van der Waals surface area contributed by atoms with Gasteiger partial charge in [0.2, 0.25) is 0 Å². The van der Waals surface area contributed by atoms with Crippen molar-refractivity contribution in [3.05, 3.63) is 162 Å². The van der Waals surface area contributed by atoms with Crippen LogP contribution in [0, 0.1) is 5.92 Å². The lowest BCUT2D eigenvalue weighted by Gasteiger charge is -2.41. The Hall–Kier alpha value is -5.34. The second kappa shape index (κ2) is 10.1. The number of allylic oxidation sites excluding steroid dienone is 2. The van der Waals surface area contributed by atoms with Crippen LogP contribution in [0.1, 0.15) is 31.9 Å². The number of anilines is 2. The van der Waals surface area contributed by atoms with Crippen LogP contribution in [-0.4, -0.2) is 6.04 Å². The Morgan fingerprint density at radius 1 is 0.609 bits per heavy atom. The Labute approximate surface area is 269 Å². The molecule has 1 aromatic heterocycles. The Balaban J connectivity index is 1.27. The minimum absolute atomic E-state index is 0.0468. The highest BCUT2D eigenvalue weighted by atomic mass is 16.3. The van der Waals surface area contributed by atoms with Gasteiger partial charge in [0.05, 0.1) is 11.7 Å². The van der Waals surface area contributed by atoms with Crippen LogP contribution in [0.2, 0.25) is 0 Å². The van der Waals surface area contributed by atoms with Gasteiger partial charge in [0.25, 0.3) is 0 Å². The van der Waals surface area contributed by atoms with Crippen molar-refractivity contribution in [1.29, 1.82) is 0 Å². The average Bonchev–Trinajstić information content (AvgIpc) is 3.59. The average molecular weight is 594 g/mol. The van der Waals surface area contributed by atoms with Gasteiger partial charge in [-0.3, -0.25) is 0 Å². The van der Waals surface area contributed by atoms with Crippen molar-refractivity contribution < 1.29 is 4.42 Å². The molecule has 0 N–H and O–H groups in total. The van der Waals surface area contributed by atoms with Gasteiger partial charge >= 0.3 is 0 Å². The molecular formula is C44H35NO. The summed E-state index contributed by atoms with van der Waals surface area (Å²) in [6.45, 7) is 7.19. The van der Waals surface area contributed by atoms with E-state index >= 15 is 0 Å². The molecule has 222 valence electrons. The van der Waals surface area contributed by atoms with Gasteiger partial charge in [-0.2, -0.15) is 0 Å². The van der Waals surface area contributed by atoms with E-state index in [9.17, 15) is 0 Å². The van der Waals surface area contributed by atoms with E-state index in [4.69, 9.17) is 4.42 Å². The van der Waals surface area contributed by atoms with Gasteiger partial charge < -0.3 is 9.32 Å². The normalized spacial score (nSPS) is 18.3. The molecule has 0 amide bonds. The van der Waals surface area contributed by atoms with Crippen molar-refractivity contribution in [3.8, 4) is 11.1 Å². The second-order valence-electron chi connectivity index (χ2n) is 13.3. The SMILES string of the molecule is CC1C2=C(C=CC1N(c1ccccc1)c1cccc3c1oc1c4ccccc4c(-c4ccccc4)cc31)c1ccccc1C2(C)C. The zero-order chi connectivity index (χ0) is 31.0. The summed E-state index contributed by atoms with van der Waals surface area (Å²) in [6, 6.07) is 48.2. The number of hydrogen-bond donors (Lipinski definition) is 0. The molecule has 2 nitrogen and oxygen atoms in total. The fourth-order valence-corrected chi connectivity index (χ4v) is 8.44. The van der Waals surface area contributed by atoms with Crippen molar-refractivity contribution in [2.75, 3.05) is 4.90 Å². The van der Waals surface area contributed by atoms with E-state index < -0.39 is 0 Å². The van der Waals surface area contributed by atoms with E-state index in [0.717, 1.165) is 38.7 Å². The van der Waals surface area contributed by atoms with Gasteiger partial charge in [-0.25, -0.2) is 0 Å². The first-order valence-corrected chi connectivity index (χ1v) is 16.3. The molecule has 9 rings (SSSR count). The maximum atomic E-state index is 7.02. The van der Waals surface area contributed by atoms with Crippen LogP contribution in [0.3, 0.4) is 0 Å². The van der Waals surface area contributed by atoms with E-state index in [-0.39, 0.29) is 17.4 Å². The molecule has 0 spiro atoms. The van der Waals surface area contributed by atoms with E-state index in [1.807, 2.05) is 0 Å². The topological polar surface area (TPSA) is 16.4 Å². The minimum Gasteiger partial charge on any atom is -0.453 e. The van der Waals surface area contributed by atoms with Crippen molar-refractivity contribution in [3.63, 3.8) is 0 Å². The maximum Gasteiger partial charge on any atom is 0.159 e. The van der Waals surface area contributed by atoms with Crippen molar-refractivity contribution >= 4 is 49.7 Å². The summed E-state index contributed by atoms with van der Waals surface area (Å²) in [4.78, 5) is 2.51. The summed E-state index contributed by atoms with van der Waals surface area (Å²) in [6.07, 6.45) is 4.79. The van der Waals surface area contributed by atoms with E-state index in [1.165, 1.54) is 38.8 Å². The summed E-state index contributed by atoms with van der Waals surface area (Å²) >= 11 is 0. The smallest absolute Gasteiger partial charge is 0.159 e. The second-order valence-corrected chi connectivity index (χ2v) is 13.3. The molecule has 0 bridgehead atoms. The van der Waals surface area contributed by atoms with E-state index in [2.05, 4.69) is 171 Å². The molecule has 6 aromatic carbocycles. The Kier molecular flexibility index (Phi) is 5.92. The summed E-state index contributed by atoms with van der Waals surface area (Å²) in [5.41, 5.74) is 12.2. The number of para-hydroxylation sites is 2. The highest BCUT2D eigenvalue weighted by Gasteiger charge is 2.44. The zero-order valence-electron chi connectivity index (χ0n) is 26.4. The number of hydrogen-bond acceptors (Lipinski definition) is 2. The first-order valence-electron chi connectivity index (χ1n) is 16.3. The van der Waals surface area contributed by atoms with Gasteiger partial charge in [-0.05, 0) is 63.1 Å². The van der Waals surface area contributed by atoms with Crippen LogP contribution in [-0.2, 0) is 5.41 Å². The fraction of sp³-hybridized carbons (Fsp3) is 0.136. The van der Waals surface area contributed by atoms with Gasteiger partial charge in [0.15, 0.2) is 5.58 Å².